The van der Waals surface area contributed by atoms with Crippen molar-refractivity contribution in [2.45, 2.75) is 6.42 Å². The number of hydrogen-bond acceptors (Lipinski definition) is 4. The van der Waals surface area contributed by atoms with Gasteiger partial charge < -0.3 is 10.0 Å². The molecule has 4 nitrogen and oxygen atoms in total. The maximum atomic E-state index is 13.2. The summed E-state index contributed by atoms with van der Waals surface area (Å²) in [6.45, 7) is 1.56. The Labute approximate surface area is 125 Å². The average Bonchev–Trinajstić information content (AvgIpc) is 2.85. The third kappa shape index (κ3) is 3.00. The van der Waals surface area contributed by atoms with Crippen LogP contribution < -0.4 is 0 Å². The zero-order valence-electron chi connectivity index (χ0n) is 11.1. The molecule has 6 heteroatoms. The number of carbonyl (C=O) groups is 1. The molecule has 1 N–H and O–H groups in total. The van der Waals surface area contributed by atoms with Crippen LogP contribution in [0.2, 0.25) is 0 Å². The molecule has 0 aliphatic carbocycles. The van der Waals surface area contributed by atoms with Gasteiger partial charge in [0.05, 0.1) is 4.91 Å². The Morgan fingerprint density at radius 3 is 3.00 bits per heavy atom. The largest absolute Gasteiger partial charge is 0.507 e. The number of benzene rings is 1. The minimum atomic E-state index is -0.461. The Morgan fingerprint density at radius 2 is 2.24 bits per heavy atom. The summed E-state index contributed by atoms with van der Waals surface area (Å²) in [6, 6.07) is 3.63. The Morgan fingerprint density at radius 1 is 1.38 bits per heavy atom. The van der Waals surface area contributed by atoms with Gasteiger partial charge >= 0.3 is 0 Å². The minimum absolute atomic E-state index is 0.0633. The number of hydrogen-bond donors (Lipinski definition) is 1. The summed E-state index contributed by atoms with van der Waals surface area (Å²) in [5, 5.41) is 10.4. The Kier molecular flexibility index (Phi) is 3.79. The van der Waals surface area contributed by atoms with Gasteiger partial charge in [-0.05, 0) is 42.5 Å². The number of amidine groups is 1. The van der Waals surface area contributed by atoms with Crippen LogP contribution in [0.3, 0.4) is 0 Å². The summed E-state index contributed by atoms with van der Waals surface area (Å²) in [5.74, 6) is -0.878. The quantitative estimate of drug-likeness (QED) is 0.640. The molecule has 0 saturated heterocycles. The number of rotatable bonds is 1. The molecule has 2 aliphatic heterocycles. The normalized spacial score (nSPS) is 20.2. The predicted molar refractivity (Wildman–Crippen MR) is 81.4 cm³/mol. The number of phenols is 1. The van der Waals surface area contributed by atoms with Crippen LogP contribution in [0.25, 0.3) is 6.08 Å². The summed E-state index contributed by atoms with van der Waals surface area (Å²) in [5.41, 5.74) is 0.279. The van der Waals surface area contributed by atoms with Gasteiger partial charge in [0.15, 0.2) is 5.17 Å². The van der Waals surface area contributed by atoms with E-state index in [1.54, 1.807) is 0 Å². The van der Waals surface area contributed by atoms with Gasteiger partial charge in [-0.3, -0.25) is 4.79 Å². The molecule has 3 rings (SSSR count). The van der Waals surface area contributed by atoms with E-state index >= 15 is 0 Å². The number of nitrogens with zero attached hydrogens (tertiary/aromatic N) is 2. The number of aliphatic imine (C=N–C) groups is 1. The van der Waals surface area contributed by atoms with Crippen molar-refractivity contribution in [3.8, 4) is 5.75 Å². The lowest BCUT2D eigenvalue weighted by molar-refractivity contribution is -0.113. The smallest absolute Gasteiger partial charge is 0.286 e. The SMILES string of the molecule is O=C1N=C(N2CC=CCC2)SC1=Cc1cc(F)ccc1O. The van der Waals surface area contributed by atoms with Crippen LogP contribution in [0.15, 0.2) is 40.2 Å². The van der Waals surface area contributed by atoms with Crippen LogP contribution in [-0.4, -0.2) is 34.2 Å². The first-order chi connectivity index (χ1) is 10.1. The van der Waals surface area contributed by atoms with Gasteiger partial charge in [-0.1, -0.05) is 12.2 Å². The van der Waals surface area contributed by atoms with Crippen molar-refractivity contribution in [3.63, 3.8) is 0 Å². The van der Waals surface area contributed by atoms with Gasteiger partial charge in [0.1, 0.15) is 11.6 Å². The zero-order chi connectivity index (χ0) is 14.8. The van der Waals surface area contributed by atoms with Crippen molar-refractivity contribution < 1.29 is 14.3 Å². The number of aromatic hydroxyl groups is 1. The highest BCUT2D eigenvalue weighted by Crippen LogP contribution is 2.32. The summed E-state index contributed by atoms with van der Waals surface area (Å²) >= 11 is 1.25. The van der Waals surface area contributed by atoms with Crippen LogP contribution in [0.4, 0.5) is 4.39 Å². The molecular formula is C15H13FN2O2S. The lowest BCUT2D eigenvalue weighted by atomic mass is 10.2. The molecule has 0 unspecified atom stereocenters. The van der Waals surface area contributed by atoms with E-state index in [-0.39, 0.29) is 17.2 Å². The third-order valence-electron chi connectivity index (χ3n) is 3.21. The predicted octanol–water partition coefficient (Wildman–Crippen LogP) is 2.76. The fourth-order valence-corrected chi connectivity index (χ4v) is 3.07. The lowest BCUT2D eigenvalue weighted by Crippen LogP contribution is -2.30. The highest BCUT2D eigenvalue weighted by molar-refractivity contribution is 8.18. The van der Waals surface area contributed by atoms with Gasteiger partial charge in [0, 0.05) is 18.7 Å². The fourth-order valence-electron chi connectivity index (χ4n) is 2.13. The van der Waals surface area contributed by atoms with Crippen LogP contribution in [0.5, 0.6) is 5.75 Å². The first-order valence-corrected chi connectivity index (χ1v) is 7.36. The van der Waals surface area contributed by atoms with E-state index in [1.807, 2.05) is 11.0 Å². The van der Waals surface area contributed by atoms with Crippen molar-refractivity contribution in [1.29, 1.82) is 0 Å². The second kappa shape index (κ2) is 5.73. The number of carbonyl (C=O) groups excluding carboxylic acids is 1. The molecule has 2 aliphatic rings. The number of amides is 1. The van der Waals surface area contributed by atoms with Gasteiger partial charge in [-0.25, -0.2) is 4.39 Å². The van der Waals surface area contributed by atoms with Crippen molar-refractivity contribution in [3.05, 3.63) is 46.6 Å². The van der Waals surface area contributed by atoms with Crippen molar-refractivity contribution in [2.24, 2.45) is 4.99 Å². The van der Waals surface area contributed by atoms with Crippen LogP contribution >= 0.6 is 11.8 Å². The van der Waals surface area contributed by atoms with Gasteiger partial charge in [0.2, 0.25) is 0 Å². The summed E-state index contributed by atoms with van der Waals surface area (Å²) < 4.78 is 13.2. The molecule has 21 heavy (non-hydrogen) atoms. The summed E-state index contributed by atoms with van der Waals surface area (Å²) in [6.07, 6.45) is 6.54. The van der Waals surface area contributed by atoms with Crippen LogP contribution in [0, 0.1) is 5.82 Å². The first kappa shape index (κ1) is 13.9. The van der Waals surface area contributed by atoms with Gasteiger partial charge in [-0.2, -0.15) is 4.99 Å². The number of phenolic OH excluding ortho intramolecular Hbond substituents is 1. The molecule has 1 amide bonds. The van der Waals surface area contributed by atoms with Gasteiger partial charge in [0.25, 0.3) is 5.91 Å². The maximum Gasteiger partial charge on any atom is 0.286 e. The molecule has 0 bridgehead atoms. The number of halogens is 1. The molecule has 0 fully saturated rings. The van der Waals surface area contributed by atoms with E-state index in [2.05, 4.69) is 11.1 Å². The zero-order valence-corrected chi connectivity index (χ0v) is 11.9. The van der Waals surface area contributed by atoms with E-state index in [1.165, 1.54) is 36.0 Å². The second-order valence-electron chi connectivity index (χ2n) is 4.72. The molecule has 0 saturated carbocycles. The molecule has 1 aromatic rings. The average molecular weight is 304 g/mol. The molecule has 0 radical (unpaired) electrons. The van der Waals surface area contributed by atoms with Crippen molar-refractivity contribution >= 4 is 28.9 Å². The second-order valence-corrected chi connectivity index (χ2v) is 5.73. The first-order valence-electron chi connectivity index (χ1n) is 6.54. The molecule has 0 aromatic heterocycles. The van der Waals surface area contributed by atoms with Crippen LogP contribution in [-0.2, 0) is 4.79 Å². The van der Waals surface area contributed by atoms with E-state index in [4.69, 9.17) is 0 Å². The highest BCUT2D eigenvalue weighted by atomic mass is 32.2. The topological polar surface area (TPSA) is 52.9 Å². The molecule has 0 atom stereocenters. The Hall–Kier alpha value is -2.08. The Bertz CT molecular complexity index is 682. The minimum Gasteiger partial charge on any atom is -0.507 e. The summed E-state index contributed by atoms with van der Waals surface area (Å²) in [4.78, 5) is 18.4. The van der Waals surface area contributed by atoms with E-state index < -0.39 is 5.82 Å². The fraction of sp³-hybridized carbons (Fsp3) is 0.200. The van der Waals surface area contributed by atoms with Crippen LogP contribution in [0.1, 0.15) is 12.0 Å². The molecule has 0 spiro atoms. The molecule has 1 aromatic carbocycles. The van der Waals surface area contributed by atoms with E-state index in [0.717, 1.165) is 19.5 Å². The molecular weight excluding hydrogens is 291 g/mol. The molecule has 2 heterocycles. The monoisotopic (exact) mass is 304 g/mol. The van der Waals surface area contributed by atoms with Crippen molar-refractivity contribution in [1.82, 2.24) is 4.90 Å². The lowest BCUT2D eigenvalue weighted by Gasteiger charge is -2.23. The highest BCUT2D eigenvalue weighted by Gasteiger charge is 2.26. The maximum absolute atomic E-state index is 13.2. The Balaban J connectivity index is 1.82. The van der Waals surface area contributed by atoms with Gasteiger partial charge in [-0.15, -0.1) is 0 Å². The van der Waals surface area contributed by atoms with Crippen molar-refractivity contribution in [2.75, 3.05) is 13.1 Å². The van der Waals surface area contributed by atoms with E-state index in [9.17, 15) is 14.3 Å². The van der Waals surface area contributed by atoms with E-state index in [0.29, 0.717) is 10.1 Å². The standard InChI is InChI=1S/C15H13FN2O2S/c16-11-4-5-12(19)10(8-11)9-13-14(20)17-15(21-13)18-6-2-1-3-7-18/h1-2,4-5,8-9,19H,3,6-7H2. The third-order valence-corrected chi connectivity index (χ3v) is 4.26. The molecule has 108 valence electrons. The number of thioether (sulfide) groups is 1. The summed E-state index contributed by atoms with van der Waals surface area (Å²) in [7, 11) is 0.